The van der Waals surface area contributed by atoms with Gasteiger partial charge in [-0.2, -0.15) is 0 Å². The molecule has 1 aromatic rings. The molecule has 21 heavy (non-hydrogen) atoms. The first kappa shape index (κ1) is 16.6. The second-order valence-corrected chi connectivity index (χ2v) is 6.81. The zero-order valence-corrected chi connectivity index (χ0v) is 14.0. The van der Waals surface area contributed by atoms with Crippen LogP contribution in [0.2, 0.25) is 0 Å². The van der Waals surface area contributed by atoms with Gasteiger partial charge in [0.15, 0.2) is 0 Å². The maximum absolute atomic E-state index is 5.69. The molecule has 1 aliphatic carbocycles. The van der Waals surface area contributed by atoms with Crippen LogP contribution in [0.5, 0.6) is 0 Å². The molecule has 0 bridgehead atoms. The van der Waals surface area contributed by atoms with Crippen LogP contribution in [0.15, 0.2) is 16.7 Å². The van der Waals surface area contributed by atoms with Crippen molar-refractivity contribution in [1.82, 2.24) is 10.2 Å². The van der Waals surface area contributed by atoms with Crippen LogP contribution in [0, 0.1) is 5.92 Å². The van der Waals surface area contributed by atoms with Crippen molar-refractivity contribution in [2.75, 3.05) is 13.1 Å². The molecule has 120 valence electrons. The molecule has 1 aliphatic rings. The standard InChI is InChI=1S/C18H32N2O/c1-4-10-19-12-18-16(9-11-21-18)14-20(13-15(2)3)17-7-5-6-8-17/h9,11,15,17,19H,4-8,10,12-14H2,1-3H3. The minimum absolute atomic E-state index is 0.721. The van der Waals surface area contributed by atoms with Crippen molar-refractivity contribution >= 4 is 0 Å². The molecule has 1 fully saturated rings. The van der Waals surface area contributed by atoms with Crippen molar-refractivity contribution in [1.29, 1.82) is 0 Å². The van der Waals surface area contributed by atoms with Crippen LogP contribution in [0.3, 0.4) is 0 Å². The summed E-state index contributed by atoms with van der Waals surface area (Å²) in [5.41, 5.74) is 1.37. The number of furan rings is 1. The fraction of sp³-hybridized carbons (Fsp3) is 0.778. The van der Waals surface area contributed by atoms with Gasteiger partial charge in [0.1, 0.15) is 5.76 Å². The molecular weight excluding hydrogens is 260 g/mol. The largest absolute Gasteiger partial charge is 0.468 e. The Balaban J connectivity index is 1.97. The SMILES string of the molecule is CCCNCc1occc1CN(CC(C)C)C1CCCC1. The zero-order valence-electron chi connectivity index (χ0n) is 14.0. The summed E-state index contributed by atoms with van der Waals surface area (Å²) in [7, 11) is 0. The van der Waals surface area contributed by atoms with E-state index in [1.54, 1.807) is 0 Å². The highest BCUT2D eigenvalue weighted by atomic mass is 16.3. The smallest absolute Gasteiger partial charge is 0.122 e. The minimum Gasteiger partial charge on any atom is -0.468 e. The molecule has 0 spiro atoms. The van der Waals surface area contributed by atoms with E-state index in [2.05, 4.69) is 37.1 Å². The Morgan fingerprint density at radius 3 is 2.76 bits per heavy atom. The molecule has 0 unspecified atom stereocenters. The molecule has 0 aliphatic heterocycles. The van der Waals surface area contributed by atoms with Crippen LogP contribution in [0.1, 0.15) is 64.2 Å². The Morgan fingerprint density at radius 2 is 2.10 bits per heavy atom. The van der Waals surface area contributed by atoms with Crippen molar-refractivity contribution in [2.24, 2.45) is 5.92 Å². The molecule has 0 aromatic carbocycles. The summed E-state index contributed by atoms with van der Waals surface area (Å²) in [5, 5.41) is 3.45. The lowest BCUT2D eigenvalue weighted by Crippen LogP contribution is -2.36. The quantitative estimate of drug-likeness (QED) is 0.692. The van der Waals surface area contributed by atoms with Gasteiger partial charge in [0.05, 0.1) is 12.8 Å². The van der Waals surface area contributed by atoms with Gasteiger partial charge in [-0.3, -0.25) is 4.90 Å². The third kappa shape index (κ3) is 5.15. The summed E-state index contributed by atoms with van der Waals surface area (Å²) < 4.78 is 5.69. The third-order valence-electron chi connectivity index (χ3n) is 4.36. The Hall–Kier alpha value is -0.800. The van der Waals surface area contributed by atoms with Crippen LogP contribution >= 0.6 is 0 Å². The average Bonchev–Trinajstić information content (AvgIpc) is 3.09. The fourth-order valence-corrected chi connectivity index (χ4v) is 3.34. The van der Waals surface area contributed by atoms with E-state index in [1.807, 2.05) is 6.26 Å². The highest BCUT2D eigenvalue weighted by molar-refractivity contribution is 5.17. The minimum atomic E-state index is 0.721. The van der Waals surface area contributed by atoms with E-state index in [9.17, 15) is 0 Å². The monoisotopic (exact) mass is 292 g/mol. The third-order valence-corrected chi connectivity index (χ3v) is 4.36. The van der Waals surface area contributed by atoms with E-state index in [-0.39, 0.29) is 0 Å². The van der Waals surface area contributed by atoms with Gasteiger partial charge in [-0.25, -0.2) is 0 Å². The molecule has 1 N–H and O–H groups in total. The molecule has 0 radical (unpaired) electrons. The number of rotatable bonds is 9. The maximum atomic E-state index is 5.69. The van der Waals surface area contributed by atoms with Gasteiger partial charge in [0.25, 0.3) is 0 Å². The van der Waals surface area contributed by atoms with E-state index >= 15 is 0 Å². The summed E-state index contributed by atoms with van der Waals surface area (Å²) in [6, 6.07) is 2.93. The number of hydrogen-bond acceptors (Lipinski definition) is 3. The zero-order chi connectivity index (χ0) is 15.1. The molecule has 1 aromatic heterocycles. The molecule has 1 saturated carbocycles. The van der Waals surface area contributed by atoms with Gasteiger partial charge in [-0.1, -0.05) is 33.6 Å². The fourth-order valence-electron chi connectivity index (χ4n) is 3.34. The molecule has 2 rings (SSSR count). The topological polar surface area (TPSA) is 28.4 Å². The summed E-state index contributed by atoms with van der Waals surface area (Å²) in [5.74, 6) is 1.84. The van der Waals surface area contributed by atoms with Gasteiger partial charge >= 0.3 is 0 Å². The van der Waals surface area contributed by atoms with E-state index in [0.717, 1.165) is 43.8 Å². The lowest BCUT2D eigenvalue weighted by Gasteiger charge is -2.30. The van der Waals surface area contributed by atoms with Crippen molar-refractivity contribution in [3.8, 4) is 0 Å². The second-order valence-electron chi connectivity index (χ2n) is 6.81. The van der Waals surface area contributed by atoms with Gasteiger partial charge in [0, 0.05) is 24.7 Å². The van der Waals surface area contributed by atoms with Crippen LogP contribution in [0.4, 0.5) is 0 Å². The molecule has 3 nitrogen and oxygen atoms in total. The summed E-state index contributed by atoms with van der Waals surface area (Å²) >= 11 is 0. The highest BCUT2D eigenvalue weighted by Gasteiger charge is 2.24. The molecular formula is C18H32N2O. The molecule has 0 saturated heterocycles. The first-order valence-electron chi connectivity index (χ1n) is 8.70. The predicted molar refractivity (Wildman–Crippen MR) is 88.2 cm³/mol. The van der Waals surface area contributed by atoms with Crippen LogP contribution < -0.4 is 5.32 Å². The lowest BCUT2D eigenvalue weighted by atomic mass is 10.1. The van der Waals surface area contributed by atoms with E-state index in [4.69, 9.17) is 4.42 Å². The maximum Gasteiger partial charge on any atom is 0.122 e. The van der Waals surface area contributed by atoms with Gasteiger partial charge in [-0.05, 0) is 37.8 Å². The van der Waals surface area contributed by atoms with Crippen LogP contribution in [-0.2, 0) is 13.1 Å². The Labute approximate surface area is 130 Å². The highest BCUT2D eigenvalue weighted by Crippen LogP contribution is 2.26. The Morgan fingerprint density at radius 1 is 1.33 bits per heavy atom. The van der Waals surface area contributed by atoms with E-state index in [1.165, 1.54) is 37.8 Å². The number of nitrogens with one attached hydrogen (secondary N) is 1. The van der Waals surface area contributed by atoms with Gasteiger partial charge in [0.2, 0.25) is 0 Å². The molecule has 0 atom stereocenters. The summed E-state index contributed by atoms with van der Waals surface area (Å²) in [6.07, 6.45) is 8.55. The van der Waals surface area contributed by atoms with Crippen molar-refractivity contribution < 1.29 is 4.42 Å². The first-order chi connectivity index (χ1) is 10.2. The summed E-state index contributed by atoms with van der Waals surface area (Å²) in [4.78, 5) is 2.69. The Bertz CT molecular complexity index is 394. The lowest BCUT2D eigenvalue weighted by molar-refractivity contribution is 0.167. The molecule has 1 heterocycles. The number of nitrogens with zero attached hydrogens (tertiary/aromatic N) is 1. The van der Waals surface area contributed by atoms with Crippen molar-refractivity contribution in [3.05, 3.63) is 23.7 Å². The molecule has 3 heteroatoms. The predicted octanol–water partition coefficient (Wildman–Crippen LogP) is 4.18. The average molecular weight is 292 g/mol. The van der Waals surface area contributed by atoms with Gasteiger partial charge < -0.3 is 9.73 Å². The van der Waals surface area contributed by atoms with Crippen LogP contribution in [0.25, 0.3) is 0 Å². The number of hydrogen-bond donors (Lipinski definition) is 1. The Kier molecular flexibility index (Phi) is 6.78. The van der Waals surface area contributed by atoms with E-state index in [0.29, 0.717) is 0 Å². The summed E-state index contributed by atoms with van der Waals surface area (Å²) in [6.45, 7) is 11.0. The van der Waals surface area contributed by atoms with Crippen molar-refractivity contribution in [3.63, 3.8) is 0 Å². The van der Waals surface area contributed by atoms with E-state index < -0.39 is 0 Å². The van der Waals surface area contributed by atoms with Crippen molar-refractivity contribution in [2.45, 2.75) is 72.0 Å². The molecule has 0 amide bonds. The first-order valence-corrected chi connectivity index (χ1v) is 8.70. The van der Waals surface area contributed by atoms with Crippen LogP contribution in [-0.4, -0.2) is 24.0 Å². The normalized spacial score (nSPS) is 16.4. The van der Waals surface area contributed by atoms with Gasteiger partial charge in [-0.15, -0.1) is 0 Å². The second kappa shape index (κ2) is 8.60.